The fourth-order valence-electron chi connectivity index (χ4n) is 2.22. The van der Waals surface area contributed by atoms with Gasteiger partial charge < -0.3 is 5.32 Å². The fraction of sp³-hybridized carbons (Fsp3) is 0.0556. The molecule has 0 saturated heterocycles. The zero-order valence-electron chi connectivity index (χ0n) is 12.0. The molecule has 4 nitrogen and oxygen atoms in total. The molecule has 1 heterocycles. The highest BCUT2D eigenvalue weighted by molar-refractivity contribution is 6.05. The SMILES string of the molecule is CC(=O)c1cccc(NC(=O)c2cc3ccccc3cn2)c1. The molecule has 0 unspecified atom stereocenters. The molecule has 0 saturated carbocycles. The lowest BCUT2D eigenvalue weighted by Gasteiger charge is -2.06. The zero-order chi connectivity index (χ0) is 15.5. The van der Waals surface area contributed by atoms with Crippen LogP contribution in [0, 0.1) is 0 Å². The van der Waals surface area contributed by atoms with Crippen molar-refractivity contribution in [3.05, 3.63) is 72.1 Å². The monoisotopic (exact) mass is 290 g/mol. The Morgan fingerprint density at radius 1 is 0.955 bits per heavy atom. The van der Waals surface area contributed by atoms with Gasteiger partial charge in [0.15, 0.2) is 5.78 Å². The minimum atomic E-state index is -0.300. The van der Waals surface area contributed by atoms with Crippen LogP contribution < -0.4 is 5.32 Å². The third kappa shape index (κ3) is 2.86. The summed E-state index contributed by atoms with van der Waals surface area (Å²) in [6.45, 7) is 1.49. The Bertz CT molecular complexity index is 872. The summed E-state index contributed by atoms with van der Waals surface area (Å²) in [6, 6.07) is 16.3. The number of Topliss-reactive ketones (excluding diaryl/α,β-unsaturated/α-hetero) is 1. The number of anilines is 1. The number of hydrogen-bond donors (Lipinski definition) is 1. The van der Waals surface area contributed by atoms with Crippen molar-refractivity contribution in [2.24, 2.45) is 0 Å². The topological polar surface area (TPSA) is 59.1 Å². The Labute approximate surface area is 127 Å². The average Bonchev–Trinajstić information content (AvgIpc) is 2.54. The Morgan fingerprint density at radius 2 is 1.73 bits per heavy atom. The van der Waals surface area contributed by atoms with E-state index < -0.39 is 0 Å². The van der Waals surface area contributed by atoms with E-state index >= 15 is 0 Å². The minimum absolute atomic E-state index is 0.0417. The molecule has 0 aliphatic heterocycles. The summed E-state index contributed by atoms with van der Waals surface area (Å²) in [6.07, 6.45) is 1.68. The molecule has 0 aliphatic rings. The van der Waals surface area contributed by atoms with E-state index in [2.05, 4.69) is 10.3 Å². The van der Waals surface area contributed by atoms with Gasteiger partial charge in [-0.2, -0.15) is 0 Å². The normalized spacial score (nSPS) is 10.4. The van der Waals surface area contributed by atoms with E-state index in [0.29, 0.717) is 16.9 Å². The number of amides is 1. The molecule has 1 N–H and O–H groups in total. The van der Waals surface area contributed by atoms with Crippen LogP contribution in [0.15, 0.2) is 60.8 Å². The Morgan fingerprint density at radius 3 is 2.50 bits per heavy atom. The Kier molecular flexibility index (Phi) is 3.66. The molecule has 3 rings (SSSR count). The number of fused-ring (bicyclic) bond motifs is 1. The van der Waals surface area contributed by atoms with Crippen molar-refractivity contribution in [3.8, 4) is 0 Å². The van der Waals surface area contributed by atoms with Crippen LogP contribution >= 0.6 is 0 Å². The molecular formula is C18H14N2O2. The number of rotatable bonds is 3. The maximum atomic E-state index is 12.3. The van der Waals surface area contributed by atoms with Gasteiger partial charge >= 0.3 is 0 Å². The first kappa shape index (κ1) is 13.9. The molecular weight excluding hydrogens is 276 g/mol. The molecule has 0 spiro atoms. The lowest BCUT2D eigenvalue weighted by Crippen LogP contribution is -2.13. The summed E-state index contributed by atoms with van der Waals surface area (Å²) in [5.74, 6) is -0.341. The van der Waals surface area contributed by atoms with Gasteiger partial charge in [0.25, 0.3) is 5.91 Å². The van der Waals surface area contributed by atoms with Gasteiger partial charge in [-0.05, 0) is 30.5 Å². The van der Waals surface area contributed by atoms with Crippen LogP contribution in [0.3, 0.4) is 0 Å². The quantitative estimate of drug-likeness (QED) is 0.748. The largest absolute Gasteiger partial charge is 0.321 e. The first-order valence-corrected chi connectivity index (χ1v) is 6.90. The number of aromatic nitrogens is 1. The van der Waals surface area contributed by atoms with Gasteiger partial charge in [-0.1, -0.05) is 36.4 Å². The molecule has 0 fully saturated rings. The van der Waals surface area contributed by atoms with Gasteiger partial charge in [-0.15, -0.1) is 0 Å². The van der Waals surface area contributed by atoms with Crippen LogP contribution in [0.2, 0.25) is 0 Å². The van der Waals surface area contributed by atoms with Gasteiger partial charge in [-0.3, -0.25) is 14.6 Å². The molecule has 0 radical (unpaired) electrons. The Balaban J connectivity index is 1.86. The highest BCUT2D eigenvalue weighted by atomic mass is 16.2. The number of hydrogen-bond acceptors (Lipinski definition) is 3. The maximum Gasteiger partial charge on any atom is 0.274 e. The minimum Gasteiger partial charge on any atom is -0.321 e. The lowest BCUT2D eigenvalue weighted by atomic mass is 10.1. The van der Waals surface area contributed by atoms with Crippen molar-refractivity contribution in [1.29, 1.82) is 0 Å². The Hall–Kier alpha value is -3.01. The first-order chi connectivity index (χ1) is 10.6. The number of nitrogens with one attached hydrogen (secondary N) is 1. The van der Waals surface area contributed by atoms with Crippen molar-refractivity contribution in [3.63, 3.8) is 0 Å². The van der Waals surface area contributed by atoms with Crippen molar-refractivity contribution in [2.75, 3.05) is 5.32 Å². The number of pyridine rings is 1. The van der Waals surface area contributed by atoms with Crippen LogP contribution in [-0.4, -0.2) is 16.7 Å². The van der Waals surface area contributed by atoms with Gasteiger partial charge in [-0.25, -0.2) is 0 Å². The highest BCUT2D eigenvalue weighted by Gasteiger charge is 2.09. The van der Waals surface area contributed by atoms with E-state index in [4.69, 9.17) is 0 Å². The van der Waals surface area contributed by atoms with Crippen molar-refractivity contribution in [1.82, 2.24) is 4.98 Å². The maximum absolute atomic E-state index is 12.3. The molecule has 4 heteroatoms. The third-order valence-corrected chi connectivity index (χ3v) is 3.39. The summed E-state index contributed by atoms with van der Waals surface area (Å²) >= 11 is 0. The number of carbonyl (C=O) groups is 2. The van der Waals surface area contributed by atoms with E-state index in [1.54, 1.807) is 36.5 Å². The highest BCUT2D eigenvalue weighted by Crippen LogP contribution is 2.16. The van der Waals surface area contributed by atoms with E-state index in [1.165, 1.54) is 6.92 Å². The molecule has 0 bridgehead atoms. The first-order valence-electron chi connectivity index (χ1n) is 6.90. The van der Waals surface area contributed by atoms with Gasteiger partial charge in [0.05, 0.1) is 0 Å². The molecule has 0 atom stereocenters. The van der Waals surface area contributed by atoms with Crippen LogP contribution in [-0.2, 0) is 0 Å². The molecule has 2 aromatic carbocycles. The van der Waals surface area contributed by atoms with Gasteiger partial charge in [0.2, 0.25) is 0 Å². The molecule has 22 heavy (non-hydrogen) atoms. The molecule has 108 valence electrons. The number of ketones is 1. The fourth-order valence-corrected chi connectivity index (χ4v) is 2.22. The summed E-state index contributed by atoms with van der Waals surface area (Å²) in [5.41, 5.74) is 1.48. The van der Waals surface area contributed by atoms with E-state index in [9.17, 15) is 9.59 Å². The summed E-state index contributed by atoms with van der Waals surface area (Å²) in [4.78, 5) is 27.8. The van der Waals surface area contributed by atoms with E-state index in [-0.39, 0.29) is 11.7 Å². The molecule has 0 aliphatic carbocycles. The number of carbonyl (C=O) groups excluding carboxylic acids is 2. The second kappa shape index (κ2) is 5.77. The predicted molar refractivity (Wildman–Crippen MR) is 86.1 cm³/mol. The average molecular weight is 290 g/mol. The summed E-state index contributed by atoms with van der Waals surface area (Å²) < 4.78 is 0. The third-order valence-electron chi connectivity index (χ3n) is 3.39. The van der Waals surface area contributed by atoms with Crippen molar-refractivity contribution < 1.29 is 9.59 Å². The number of benzene rings is 2. The molecule has 3 aromatic rings. The van der Waals surface area contributed by atoms with Gasteiger partial charge in [0.1, 0.15) is 5.69 Å². The molecule has 1 amide bonds. The van der Waals surface area contributed by atoms with Gasteiger partial charge in [0, 0.05) is 22.8 Å². The van der Waals surface area contributed by atoms with Crippen LogP contribution in [0.25, 0.3) is 10.8 Å². The lowest BCUT2D eigenvalue weighted by molar-refractivity contribution is 0.100. The van der Waals surface area contributed by atoms with E-state index in [1.807, 2.05) is 24.3 Å². The predicted octanol–water partition coefficient (Wildman–Crippen LogP) is 3.69. The van der Waals surface area contributed by atoms with Crippen LogP contribution in [0.4, 0.5) is 5.69 Å². The second-order valence-electron chi connectivity index (χ2n) is 5.01. The number of nitrogens with zero attached hydrogens (tertiary/aromatic N) is 1. The van der Waals surface area contributed by atoms with Crippen molar-refractivity contribution in [2.45, 2.75) is 6.92 Å². The summed E-state index contributed by atoms with van der Waals surface area (Å²) in [5, 5.41) is 4.71. The second-order valence-corrected chi connectivity index (χ2v) is 5.01. The molecule has 1 aromatic heterocycles. The summed E-state index contributed by atoms with van der Waals surface area (Å²) in [7, 11) is 0. The zero-order valence-corrected chi connectivity index (χ0v) is 12.0. The van der Waals surface area contributed by atoms with Crippen LogP contribution in [0.5, 0.6) is 0 Å². The van der Waals surface area contributed by atoms with E-state index in [0.717, 1.165) is 10.8 Å². The standard InChI is InChI=1S/C18H14N2O2/c1-12(21)13-7-4-8-16(9-13)20-18(22)17-10-14-5-2-3-6-15(14)11-19-17/h2-11H,1H3,(H,20,22). The van der Waals surface area contributed by atoms with Crippen molar-refractivity contribution >= 4 is 28.2 Å². The smallest absolute Gasteiger partial charge is 0.274 e. The van der Waals surface area contributed by atoms with Crippen LogP contribution in [0.1, 0.15) is 27.8 Å².